The second-order valence-electron chi connectivity index (χ2n) is 14.2. The van der Waals surface area contributed by atoms with Gasteiger partial charge in [-0.3, -0.25) is 14.5 Å². The third kappa shape index (κ3) is 6.52. The van der Waals surface area contributed by atoms with Gasteiger partial charge in [-0.1, -0.05) is 71.9 Å². The normalized spacial score (nSPS) is 25.8. The van der Waals surface area contributed by atoms with E-state index in [9.17, 15) is 9.59 Å². The summed E-state index contributed by atoms with van der Waals surface area (Å²) in [6.07, 6.45) is 1.53. The zero-order valence-corrected chi connectivity index (χ0v) is 27.8. The topological polar surface area (TPSA) is 70.7 Å². The van der Waals surface area contributed by atoms with Gasteiger partial charge < -0.3 is 15.4 Å². The molecular formula is C33H46BrN3O3S. The number of amides is 1. The molecule has 0 saturated carbocycles. The second-order valence-corrected chi connectivity index (χ2v) is 16.0. The predicted octanol–water partition coefficient (Wildman–Crippen LogP) is 6.09. The lowest BCUT2D eigenvalue weighted by Crippen LogP contribution is -2.44. The molecule has 0 aliphatic carbocycles. The molecule has 2 N–H and O–H groups in total. The van der Waals surface area contributed by atoms with E-state index in [1.807, 2.05) is 18.2 Å². The van der Waals surface area contributed by atoms with Crippen molar-refractivity contribution in [3.8, 4) is 0 Å². The van der Waals surface area contributed by atoms with E-state index >= 15 is 0 Å². The molecule has 0 radical (unpaired) electrons. The number of hydrogen-bond acceptors (Lipinski definition) is 6. The largest absolute Gasteiger partial charge is 0.381 e. The molecule has 41 heavy (non-hydrogen) atoms. The zero-order chi connectivity index (χ0) is 29.5. The summed E-state index contributed by atoms with van der Waals surface area (Å²) in [4.78, 5) is 32.7. The number of benzene rings is 1. The van der Waals surface area contributed by atoms with Gasteiger partial charge in [-0.25, -0.2) is 0 Å². The highest BCUT2D eigenvalue weighted by atomic mass is 79.9. The molecule has 5 atom stereocenters. The van der Waals surface area contributed by atoms with E-state index in [-0.39, 0.29) is 40.5 Å². The summed E-state index contributed by atoms with van der Waals surface area (Å²) < 4.78 is 6.46. The highest BCUT2D eigenvalue weighted by Gasteiger charge is 2.49. The van der Waals surface area contributed by atoms with Crippen molar-refractivity contribution in [2.75, 3.05) is 39.4 Å². The fourth-order valence-electron chi connectivity index (χ4n) is 6.72. The Bertz CT molecular complexity index is 1240. The van der Waals surface area contributed by atoms with Gasteiger partial charge in [-0.05, 0) is 63.5 Å². The van der Waals surface area contributed by atoms with Gasteiger partial charge in [0.15, 0.2) is 5.78 Å². The SMILES string of the molecule is CC(C)(C)c1sc(C(C)(C)C)c(C(=O)[C@@H]2[C@@H]3CNCC3CN2CCC(NC(=O)C2CCOC2)c2ccccc2)c1Br. The van der Waals surface area contributed by atoms with E-state index in [0.717, 1.165) is 54.6 Å². The van der Waals surface area contributed by atoms with Crippen LogP contribution in [0, 0.1) is 17.8 Å². The maximum Gasteiger partial charge on any atom is 0.226 e. The minimum Gasteiger partial charge on any atom is -0.381 e. The molecule has 3 aliphatic rings. The summed E-state index contributed by atoms with van der Waals surface area (Å²) in [7, 11) is 0. The first-order valence-corrected chi connectivity index (χ1v) is 16.7. The van der Waals surface area contributed by atoms with Gasteiger partial charge in [-0.2, -0.15) is 0 Å². The van der Waals surface area contributed by atoms with Crippen LogP contribution in [-0.4, -0.2) is 62.0 Å². The first-order valence-electron chi connectivity index (χ1n) is 15.1. The zero-order valence-electron chi connectivity index (χ0n) is 25.4. The Balaban J connectivity index is 1.42. The van der Waals surface area contributed by atoms with Crippen LogP contribution < -0.4 is 10.6 Å². The van der Waals surface area contributed by atoms with Crippen LogP contribution in [0.2, 0.25) is 0 Å². The molecule has 1 amide bonds. The number of Topliss-reactive ketones (excluding diaryl/α,β-unsaturated/α-hetero) is 1. The minimum atomic E-state index is -0.176. The first-order chi connectivity index (χ1) is 19.4. The quantitative estimate of drug-likeness (QED) is 0.341. The summed E-state index contributed by atoms with van der Waals surface area (Å²) in [5, 5.41) is 6.90. The Morgan fingerprint density at radius 1 is 1.10 bits per heavy atom. The molecule has 3 saturated heterocycles. The molecule has 5 rings (SSSR count). The number of nitrogens with one attached hydrogen (secondary N) is 2. The average molecular weight is 645 g/mol. The molecule has 3 unspecified atom stereocenters. The summed E-state index contributed by atoms with van der Waals surface area (Å²) >= 11 is 5.71. The summed E-state index contributed by atoms with van der Waals surface area (Å²) in [6, 6.07) is 9.96. The Hall–Kier alpha value is -1.58. The number of carbonyl (C=O) groups is 2. The smallest absolute Gasteiger partial charge is 0.226 e. The molecule has 3 fully saturated rings. The number of thiophene rings is 1. The van der Waals surface area contributed by atoms with Gasteiger partial charge in [-0.15, -0.1) is 11.3 Å². The van der Waals surface area contributed by atoms with E-state index in [0.29, 0.717) is 25.0 Å². The van der Waals surface area contributed by atoms with E-state index in [2.05, 4.69) is 85.1 Å². The number of halogens is 1. The van der Waals surface area contributed by atoms with Gasteiger partial charge in [0.25, 0.3) is 0 Å². The molecule has 4 heterocycles. The fraction of sp³-hybridized carbons (Fsp3) is 0.636. The van der Waals surface area contributed by atoms with Crippen LogP contribution >= 0.6 is 27.3 Å². The van der Waals surface area contributed by atoms with Crippen LogP contribution in [0.4, 0.5) is 0 Å². The molecule has 1 aromatic carbocycles. The molecule has 224 valence electrons. The number of fused-ring (bicyclic) bond motifs is 1. The standard InChI is InChI=1S/C33H46BrN3O3S/c1-32(2,3)29-25(26(34)30(41-29)33(4,5)6)28(38)27-23-17-35-16-22(23)18-37(27)14-12-24(20-10-8-7-9-11-20)36-31(39)21-13-15-40-19-21/h7-11,21-24,27,35H,12-19H2,1-6H3,(H,36,39)/t21?,22?,23-,24?,27+/m1/s1. The molecular weight excluding hydrogens is 598 g/mol. The first kappa shape index (κ1) is 30.9. The monoisotopic (exact) mass is 643 g/mol. The van der Waals surface area contributed by atoms with E-state index in [1.165, 1.54) is 9.75 Å². The molecule has 6 nitrogen and oxygen atoms in total. The Kier molecular flexibility index (Phi) is 9.18. The lowest BCUT2D eigenvalue weighted by molar-refractivity contribution is -0.125. The molecule has 1 aromatic heterocycles. The van der Waals surface area contributed by atoms with Gasteiger partial charge >= 0.3 is 0 Å². The van der Waals surface area contributed by atoms with E-state index < -0.39 is 0 Å². The number of likely N-dealkylation sites (tertiary alicyclic amines) is 1. The Morgan fingerprint density at radius 3 is 2.44 bits per heavy atom. The number of ether oxygens (including phenoxy) is 1. The number of ketones is 1. The highest BCUT2D eigenvalue weighted by Crippen LogP contribution is 2.47. The summed E-state index contributed by atoms with van der Waals surface area (Å²) in [5.41, 5.74) is 1.80. The van der Waals surface area contributed by atoms with Crippen LogP contribution in [-0.2, 0) is 20.4 Å². The van der Waals surface area contributed by atoms with Crippen LogP contribution in [0.25, 0.3) is 0 Å². The van der Waals surface area contributed by atoms with Crippen LogP contribution in [0.15, 0.2) is 34.8 Å². The maximum absolute atomic E-state index is 14.7. The predicted molar refractivity (Wildman–Crippen MR) is 170 cm³/mol. The maximum atomic E-state index is 14.7. The van der Waals surface area contributed by atoms with Crippen molar-refractivity contribution in [2.24, 2.45) is 17.8 Å². The highest BCUT2D eigenvalue weighted by molar-refractivity contribution is 9.10. The summed E-state index contributed by atoms with van der Waals surface area (Å²) in [5.74, 6) is 0.977. The number of carbonyl (C=O) groups excluding carboxylic acids is 2. The van der Waals surface area contributed by atoms with Crippen molar-refractivity contribution in [3.05, 3.63) is 55.7 Å². The summed E-state index contributed by atoms with van der Waals surface area (Å²) in [6.45, 7) is 17.9. The van der Waals surface area contributed by atoms with Crippen LogP contribution in [0.3, 0.4) is 0 Å². The van der Waals surface area contributed by atoms with Gasteiger partial charge in [0.2, 0.25) is 5.91 Å². The van der Waals surface area contributed by atoms with Gasteiger partial charge in [0.05, 0.1) is 24.6 Å². The van der Waals surface area contributed by atoms with Crippen molar-refractivity contribution in [1.82, 2.24) is 15.5 Å². The van der Waals surface area contributed by atoms with Crippen molar-refractivity contribution >= 4 is 39.0 Å². The third-order valence-electron chi connectivity index (χ3n) is 8.91. The van der Waals surface area contributed by atoms with Crippen molar-refractivity contribution < 1.29 is 14.3 Å². The Morgan fingerprint density at radius 2 is 1.80 bits per heavy atom. The van der Waals surface area contributed by atoms with Gasteiger partial charge in [0.1, 0.15) is 0 Å². The van der Waals surface area contributed by atoms with Crippen molar-refractivity contribution in [3.63, 3.8) is 0 Å². The van der Waals surface area contributed by atoms with Crippen molar-refractivity contribution in [1.29, 1.82) is 0 Å². The number of rotatable bonds is 8. The van der Waals surface area contributed by atoms with Crippen molar-refractivity contribution in [2.45, 2.75) is 77.3 Å². The fourth-order valence-corrected chi connectivity index (χ4v) is 9.40. The minimum absolute atomic E-state index is 0.0552. The van der Waals surface area contributed by atoms with Gasteiger partial charge in [0, 0.05) is 46.0 Å². The number of hydrogen-bond donors (Lipinski definition) is 2. The van der Waals surface area contributed by atoms with Crippen LogP contribution in [0.1, 0.15) is 86.1 Å². The molecule has 8 heteroatoms. The lowest BCUT2D eigenvalue weighted by Gasteiger charge is -2.30. The molecule has 3 aliphatic heterocycles. The molecule has 2 aromatic rings. The lowest BCUT2D eigenvalue weighted by atomic mass is 9.84. The average Bonchev–Trinajstić information content (AvgIpc) is 3.69. The third-order valence-corrected chi connectivity index (χ3v) is 12.0. The number of nitrogens with zero attached hydrogens (tertiary/aromatic N) is 1. The molecule has 0 bridgehead atoms. The second kappa shape index (κ2) is 12.2. The van der Waals surface area contributed by atoms with E-state index in [1.54, 1.807) is 11.3 Å². The van der Waals surface area contributed by atoms with E-state index in [4.69, 9.17) is 4.74 Å². The Labute approximate surface area is 258 Å². The molecule has 0 spiro atoms. The van der Waals surface area contributed by atoms with Crippen LogP contribution in [0.5, 0.6) is 0 Å².